The molecule has 2 unspecified atom stereocenters. The van der Waals surface area contributed by atoms with Crippen molar-refractivity contribution in [3.05, 3.63) is 0 Å². The molecule has 23 heavy (non-hydrogen) atoms. The van der Waals surface area contributed by atoms with Crippen molar-refractivity contribution < 1.29 is 14.3 Å². The van der Waals surface area contributed by atoms with E-state index >= 15 is 0 Å². The van der Waals surface area contributed by atoms with Gasteiger partial charge < -0.3 is 25.0 Å². The Balaban J connectivity index is 0.00000264. The maximum Gasteiger partial charge on any atom is 0.239 e. The van der Waals surface area contributed by atoms with Crippen LogP contribution < -0.4 is 10.6 Å². The Morgan fingerprint density at radius 1 is 1.26 bits per heavy atom. The smallest absolute Gasteiger partial charge is 0.239 e. The first-order chi connectivity index (χ1) is 10.7. The van der Waals surface area contributed by atoms with Crippen molar-refractivity contribution in [2.45, 2.75) is 38.4 Å². The molecule has 2 aliphatic rings. The third-order valence-corrected chi connectivity index (χ3v) is 3.96. The summed E-state index contributed by atoms with van der Waals surface area (Å²) in [5.41, 5.74) is 0. The molecular formula is C15H29IN4O3. The number of aliphatic imine (C=N–C) groups is 1. The summed E-state index contributed by atoms with van der Waals surface area (Å²) in [7, 11) is 1.74. The highest BCUT2D eigenvalue weighted by atomic mass is 127. The van der Waals surface area contributed by atoms with E-state index < -0.39 is 0 Å². The number of nitrogens with one attached hydrogen (secondary N) is 2. The van der Waals surface area contributed by atoms with Crippen LogP contribution in [0.4, 0.5) is 0 Å². The fraction of sp³-hybridized carbons (Fsp3) is 0.867. The monoisotopic (exact) mass is 440 g/mol. The summed E-state index contributed by atoms with van der Waals surface area (Å²) in [5, 5.41) is 5.98. The summed E-state index contributed by atoms with van der Waals surface area (Å²) in [6.45, 7) is 6.00. The van der Waals surface area contributed by atoms with E-state index in [2.05, 4.69) is 20.5 Å². The summed E-state index contributed by atoms with van der Waals surface area (Å²) in [5.74, 6) is 0.741. The SMILES string of the molecule is CCCNC(=O)CNC(=NC)N1CCOC(C2CCCO2)C1.I. The summed E-state index contributed by atoms with van der Waals surface area (Å²) in [4.78, 5) is 18.1. The van der Waals surface area contributed by atoms with Gasteiger partial charge in [-0.15, -0.1) is 24.0 Å². The molecule has 8 heteroatoms. The Hall–Kier alpha value is -0.610. The first kappa shape index (κ1) is 20.4. The van der Waals surface area contributed by atoms with Crippen LogP contribution in [0.25, 0.3) is 0 Å². The first-order valence-electron chi connectivity index (χ1n) is 8.20. The van der Waals surface area contributed by atoms with E-state index in [0.29, 0.717) is 13.2 Å². The van der Waals surface area contributed by atoms with E-state index in [9.17, 15) is 4.79 Å². The minimum atomic E-state index is -0.00747. The molecule has 2 saturated heterocycles. The number of nitrogens with zero attached hydrogens (tertiary/aromatic N) is 2. The largest absolute Gasteiger partial charge is 0.375 e. The predicted octanol–water partition coefficient (Wildman–Crippen LogP) is 0.586. The van der Waals surface area contributed by atoms with Gasteiger partial charge in [-0.3, -0.25) is 9.79 Å². The van der Waals surface area contributed by atoms with Crippen LogP contribution in [0.2, 0.25) is 0 Å². The molecule has 0 saturated carbocycles. The molecular weight excluding hydrogens is 411 g/mol. The van der Waals surface area contributed by atoms with Crippen molar-refractivity contribution in [3.8, 4) is 0 Å². The number of rotatable bonds is 5. The number of guanidine groups is 1. The van der Waals surface area contributed by atoms with Gasteiger partial charge in [-0.05, 0) is 19.3 Å². The first-order valence-corrected chi connectivity index (χ1v) is 8.20. The van der Waals surface area contributed by atoms with Gasteiger partial charge in [-0.2, -0.15) is 0 Å². The Morgan fingerprint density at radius 3 is 2.70 bits per heavy atom. The Kier molecular flexibility index (Phi) is 9.80. The number of carbonyl (C=O) groups excluding carboxylic acids is 1. The zero-order chi connectivity index (χ0) is 15.8. The third kappa shape index (κ3) is 6.42. The van der Waals surface area contributed by atoms with Crippen LogP contribution in [0.3, 0.4) is 0 Å². The van der Waals surface area contributed by atoms with Crippen LogP contribution in [0, 0.1) is 0 Å². The summed E-state index contributed by atoms with van der Waals surface area (Å²) in [6, 6.07) is 0. The van der Waals surface area contributed by atoms with Gasteiger partial charge in [0, 0.05) is 33.3 Å². The molecule has 2 aliphatic heterocycles. The normalized spacial score (nSPS) is 25.0. The van der Waals surface area contributed by atoms with Gasteiger partial charge in [-0.25, -0.2) is 0 Å². The van der Waals surface area contributed by atoms with Gasteiger partial charge in [0.25, 0.3) is 0 Å². The van der Waals surface area contributed by atoms with E-state index in [1.807, 2.05) is 6.92 Å². The molecule has 2 rings (SSSR count). The Labute approximate surface area is 155 Å². The van der Waals surface area contributed by atoms with Crippen LogP contribution in [-0.4, -0.2) is 75.4 Å². The van der Waals surface area contributed by atoms with E-state index in [4.69, 9.17) is 9.47 Å². The molecule has 2 N–H and O–H groups in total. The van der Waals surface area contributed by atoms with E-state index in [1.54, 1.807) is 7.05 Å². The number of amides is 1. The third-order valence-electron chi connectivity index (χ3n) is 3.96. The van der Waals surface area contributed by atoms with Gasteiger partial charge in [0.05, 0.1) is 19.3 Å². The molecule has 2 atom stereocenters. The highest BCUT2D eigenvalue weighted by molar-refractivity contribution is 14.0. The van der Waals surface area contributed by atoms with Crippen molar-refractivity contribution in [3.63, 3.8) is 0 Å². The Morgan fingerprint density at radius 2 is 2.04 bits per heavy atom. The number of halogens is 1. The van der Waals surface area contributed by atoms with Crippen molar-refractivity contribution in [2.75, 3.05) is 46.4 Å². The Bertz CT molecular complexity index is 389. The van der Waals surface area contributed by atoms with E-state index in [1.165, 1.54) is 0 Å². The molecule has 1 amide bonds. The number of ether oxygens (including phenoxy) is 2. The molecule has 0 aliphatic carbocycles. The van der Waals surface area contributed by atoms with Crippen molar-refractivity contribution >= 4 is 35.8 Å². The van der Waals surface area contributed by atoms with Crippen LogP contribution in [0.1, 0.15) is 26.2 Å². The average Bonchev–Trinajstić information content (AvgIpc) is 3.08. The molecule has 2 fully saturated rings. The lowest BCUT2D eigenvalue weighted by molar-refractivity contribution is -0.120. The predicted molar refractivity (Wildman–Crippen MR) is 100 cm³/mol. The molecule has 0 aromatic carbocycles. The standard InChI is InChI=1S/C15H28N4O3.HI/c1-3-6-17-14(20)10-18-15(16-2)19-7-9-22-13(11-19)12-5-4-8-21-12;/h12-13H,3-11H2,1-2H3,(H,16,18)(H,17,20);1H. The van der Waals surface area contributed by atoms with Crippen LogP contribution in [0.5, 0.6) is 0 Å². The van der Waals surface area contributed by atoms with E-state index in [-0.39, 0.29) is 48.6 Å². The van der Waals surface area contributed by atoms with Gasteiger partial charge in [0.2, 0.25) is 5.91 Å². The second kappa shape index (κ2) is 11.0. The van der Waals surface area contributed by atoms with Crippen LogP contribution >= 0.6 is 24.0 Å². The molecule has 134 valence electrons. The van der Waals surface area contributed by atoms with Crippen molar-refractivity contribution in [1.29, 1.82) is 0 Å². The lowest BCUT2D eigenvalue weighted by Gasteiger charge is -2.37. The molecule has 7 nitrogen and oxygen atoms in total. The van der Waals surface area contributed by atoms with Gasteiger partial charge in [-0.1, -0.05) is 6.92 Å². The molecule has 0 bridgehead atoms. The average molecular weight is 440 g/mol. The summed E-state index contributed by atoms with van der Waals surface area (Å²) in [6.07, 6.45) is 3.38. The van der Waals surface area contributed by atoms with Gasteiger partial charge >= 0.3 is 0 Å². The van der Waals surface area contributed by atoms with Crippen molar-refractivity contribution in [1.82, 2.24) is 15.5 Å². The number of hydrogen-bond donors (Lipinski definition) is 2. The minimum Gasteiger partial charge on any atom is -0.375 e. The lowest BCUT2D eigenvalue weighted by atomic mass is 10.1. The molecule has 0 radical (unpaired) electrons. The molecule has 0 aromatic heterocycles. The van der Waals surface area contributed by atoms with Gasteiger partial charge in [0.15, 0.2) is 5.96 Å². The maximum absolute atomic E-state index is 11.7. The summed E-state index contributed by atoms with van der Waals surface area (Å²) >= 11 is 0. The zero-order valence-corrected chi connectivity index (χ0v) is 16.4. The molecule has 0 aromatic rings. The second-order valence-electron chi connectivity index (χ2n) is 5.66. The fourth-order valence-corrected chi connectivity index (χ4v) is 2.81. The topological polar surface area (TPSA) is 75.2 Å². The minimum absolute atomic E-state index is 0. The molecule has 2 heterocycles. The second-order valence-corrected chi connectivity index (χ2v) is 5.66. The summed E-state index contributed by atoms with van der Waals surface area (Å²) < 4.78 is 11.6. The highest BCUT2D eigenvalue weighted by Crippen LogP contribution is 2.20. The quantitative estimate of drug-likeness (QED) is 0.372. The maximum atomic E-state index is 11.7. The lowest BCUT2D eigenvalue weighted by Crippen LogP contribution is -2.54. The fourth-order valence-electron chi connectivity index (χ4n) is 2.81. The number of morpholine rings is 1. The molecule has 0 spiro atoms. The zero-order valence-electron chi connectivity index (χ0n) is 14.0. The number of carbonyl (C=O) groups is 1. The van der Waals surface area contributed by atoms with Gasteiger partial charge in [0.1, 0.15) is 6.10 Å². The number of hydrogen-bond acceptors (Lipinski definition) is 4. The highest BCUT2D eigenvalue weighted by Gasteiger charge is 2.32. The van der Waals surface area contributed by atoms with Crippen molar-refractivity contribution in [2.24, 2.45) is 4.99 Å². The van der Waals surface area contributed by atoms with Crippen LogP contribution in [0.15, 0.2) is 4.99 Å². The van der Waals surface area contributed by atoms with Crippen LogP contribution in [-0.2, 0) is 14.3 Å². The van der Waals surface area contributed by atoms with E-state index in [0.717, 1.165) is 44.9 Å².